The fourth-order valence-electron chi connectivity index (χ4n) is 2.55. The SMILES string of the molecule is Cc1cc(F)ccc1OCC1CCOc2ccccc21. The molecule has 1 unspecified atom stereocenters. The van der Waals surface area contributed by atoms with E-state index in [2.05, 4.69) is 6.07 Å². The summed E-state index contributed by atoms with van der Waals surface area (Å²) >= 11 is 0. The van der Waals surface area contributed by atoms with E-state index in [1.54, 1.807) is 6.07 Å². The van der Waals surface area contributed by atoms with Crippen molar-refractivity contribution in [3.8, 4) is 11.5 Å². The summed E-state index contributed by atoms with van der Waals surface area (Å²) in [5, 5.41) is 0. The third-order valence-corrected chi connectivity index (χ3v) is 3.66. The van der Waals surface area contributed by atoms with Crippen molar-refractivity contribution in [3.05, 3.63) is 59.4 Å². The Balaban J connectivity index is 1.73. The van der Waals surface area contributed by atoms with Gasteiger partial charge in [0.1, 0.15) is 17.3 Å². The number of hydrogen-bond acceptors (Lipinski definition) is 2. The van der Waals surface area contributed by atoms with E-state index in [0.29, 0.717) is 19.1 Å². The van der Waals surface area contributed by atoms with Crippen molar-refractivity contribution in [3.63, 3.8) is 0 Å². The van der Waals surface area contributed by atoms with Crippen molar-refractivity contribution in [1.29, 1.82) is 0 Å². The van der Waals surface area contributed by atoms with Gasteiger partial charge in [-0.3, -0.25) is 0 Å². The fraction of sp³-hybridized carbons (Fsp3) is 0.294. The molecule has 20 heavy (non-hydrogen) atoms. The maximum atomic E-state index is 13.1. The standard InChI is InChI=1S/C17H17FO2/c1-12-10-14(18)6-7-16(12)20-11-13-8-9-19-17-5-3-2-4-15(13)17/h2-7,10,13H,8-9,11H2,1H3. The summed E-state index contributed by atoms with van der Waals surface area (Å²) in [5.41, 5.74) is 2.02. The number of benzene rings is 2. The first-order valence-electron chi connectivity index (χ1n) is 6.85. The van der Waals surface area contributed by atoms with Crippen molar-refractivity contribution in [1.82, 2.24) is 0 Å². The van der Waals surface area contributed by atoms with Crippen molar-refractivity contribution < 1.29 is 13.9 Å². The van der Waals surface area contributed by atoms with Gasteiger partial charge < -0.3 is 9.47 Å². The summed E-state index contributed by atoms with van der Waals surface area (Å²) < 4.78 is 24.6. The average Bonchev–Trinajstić information content (AvgIpc) is 2.46. The normalized spacial score (nSPS) is 17.2. The highest BCUT2D eigenvalue weighted by Gasteiger charge is 2.21. The molecule has 2 nitrogen and oxygen atoms in total. The summed E-state index contributed by atoms with van der Waals surface area (Å²) in [6.45, 7) is 3.16. The first-order chi connectivity index (χ1) is 9.74. The molecule has 1 aliphatic heterocycles. The summed E-state index contributed by atoms with van der Waals surface area (Å²) in [5.74, 6) is 1.79. The molecule has 0 saturated carbocycles. The van der Waals surface area contributed by atoms with Gasteiger partial charge in [0.15, 0.2) is 0 Å². The molecule has 0 bridgehead atoms. The number of fused-ring (bicyclic) bond motifs is 1. The molecule has 104 valence electrons. The third kappa shape index (κ3) is 2.62. The lowest BCUT2D eigenvalue weighted by atomic mass is 9.94. The second-order valence-electron chi connectivity index (χ2n) is 5.09. The van der Waals surface area contributed by atoms with Gasteiger partial charge in [-0.2, -0.15) is 0 Å². The van der Waals surface area contributed by atoms with Crippen LogP contribution in [0.5, 0.6) is 11.5 Å². The molecular weight excluding hydrogens is 255 g/mol. The second kappa shape index (κ2) is 5.53. The highest BCUT2D eigenvalue weighted by Crippen LogP contribution is 2.34. The Morgan fingerprint density at radius 2 is 2.10 bits per heavy atom. The van der Waals surface area contributed by atoms with Crippen molar-refractivity contribution >= 4 is 0 Å². The van der Waals surface area contributed by atoms with Gasteiger partial charge in [0.25, 0.3) is 0 Å². The van der Waals surface area contributed by atoms with E-state index in [4.69, 9.17) is 9.47 Å². The van der Waals surface area contributed by atoms with Gasteiger partial charge >= 0.3 is 0 Å². The zero-order valence-corrected chi connectivity index (χ0v) is 11.4. The van der Waals surface area contributed by atoms with Crippen LogP contribution >= 0.6 is 0 Å². The predicted molar refractivity (Wildman–Crippen MR) is 75.9 cm³/mol. The number of rotatable bonds is 3. The molecule has 0 aliphatic carbocycles. The fourth-order valence-corrected chi connectivity index (χ4v) is 2.55. The molecular formula is C17H17FO2. The molecule has 0 spiro atoms. The van der Waals surface area contributed by atoms with Crippen LogP contribution in [-0.2, 0) is 0 Å². The van der Waals surface area contributed by atoms with Crippen LogP contribution in [0.15, 0.2) is 42.5 Å². The molecule has 0 fully saturated rings. The molecule has 2 aromatic carbocycles. The minimum atomic E-state index is -0.230. The Labute approximate surface area is 118 Å². The molecule has 1 aliphatic rings. The average molecular weight is 272 g/mol. The van der Waals surface area contributed by atoms with Crippen molar-refractivity contribution in [2.24, 2.45) is 0 Å². The molecule has 2 aromatic rings. The molecule has 1 atom stereocenters. The van der Waals surface area contributed by atoms with Crippen LogP contribution in [0.2, 0.25) is 0 Å². The van der Waals surface area contributed by atoms with E-state index in [-0.39, 0.29) is 5.82 Å². The van der Waals surface area contributed by atoms with Crippen LogP contribution < -0.4 is 9.47 Å². The van der Waals surface area contributed by atoms with Gasteiger partial charge in [-0.1, -0.05) is 18.2 Å². The maximum absolute atomic E-state index is 13.1. The van der Waals surface area contributed by atoms with Crippen LogP contribution in [0.1, 0.15) is 23.5 Å². The zero-order chi connectivity index (χ0) is 13.9. The Kier molecular flexibility index (Phi) is 3.59. The Hall–Kier alpha value is -2.03. The van der Waals surface area contributed by atoms with Gasteiger partial charge in [-0.15, -0.1) is 0 Å². The molecule has 1 heterocycles. The number of hydrogen-bond donors (Lipinski definition) is 0. The quantitative estimate of drug-likeness (QED) is 0.838. The lowest BCUT2D eigenvalue weighted by Gasteiger charge is -2.26. The Bertz CT molecular complexity index is 610. The van der Waals surface area contributed by atoms with E-state index >= 15 is 0 Å². The summed E-state index contributed by atoms with van der Waals surface area (Å²) in [7, 11) is 0. The van der Waals surface area contributed by atoms with E-state index in [1.165, 1.54) is 17.7 Å². The van der Waals surface area contributed by atoms with Crippen LogP contribution in [0.4, 0.5) is 4.39 Å². The summed E-state index contributed by atoms with van der Waals surface area (Å²) in [4.78, 5) is 0. The predicted octanol–water partition coefficient (Wildman–Crippen LogP) is 4.08. The number of halogens is 1. The number of aryl methyl sites for hydroxylation is 1. The lowest BCUT2D eigenvalue weighted by Crippen LogP contribution is -2.19. The minimum absolute atomic E-state index is 0.230. The topological polar surface area (TPSA) is 18.5 Å². The highest BCUT2D eigenvalue weighted by atomic mass is 19.1. The maximum Gasteiger partial charge on any atom is 0.123 e. The van der Waals surface area contributed by atoms with Crippen LogP contribution in [0, 0.1) is 12.7 Å². The Morgan fingerprint density at radius 3 is 2.95 bits per heavy atom. The van der Waals surface area contributed by atoms with E-state index in [0.717, 1.165) is 23.5 Å². The van der Waals surface area contributed by atoms with E-state index in [9.17, 15) is 4.39 Å². The molecule has 3 rings (SSSR count). The molecule has 0 N–H and O–H groups in total. The van der Waals surface area contributed by atoms with E-state index in [1.807, 2.05) is 25.1 Å². The highest BCUT2D eigenvalue weighted by molar-refractivity contribution is 5.38. The van der Waals surface area contributed by atoms with Gasteiger partial charge in [-0.05, 0) is 43.2 Å². The number of para-hydroxylation sites is 1. The van der Waals surface area contributed by atoms with Gasteiger partial charge in [0.05, 0.1) is 13.2 Å². The van der Waals surface area contributed by atoms with Crippen molar-refractivity contribution in [2.75, 3.05) is 13.2 Å². The lowest BCUT2D eigenvalue weighted by molar-refractivity contribution is 0.217. The molecule has 0 aromatic heterocycles. The van der Waals surface area contributed by atoms with E-state index < -0.39 is 0 Å². The van der Waals surface area contributed by atoms with Gasteiger partial charge in [0, 0.05) is 11.5 Å². The zero-order valence-electron chi connectivity index (χ0n) is 11.4. The molecule has 0 saturated heterocycles. The van der Waals surface area contributed by atoms with Crippen LogP contribution in [-0.4, -0.2) is 13.2 Å². The smallest absolute Gasteiger partial charge is 0.123 e. The Morgan fingerprint density at radius 1 is 1.25 bits per heavy atom. The largest absolute Gasteiger partial charge is 0.493 e. The number of ether oxygens (including phenoxy) is 2. The van der Waals surface area contributed by atoms with Gasteiger partial charge in [-0.25, -0.2) is 4.39 Å². The second-order valence-corrected chi connectivity index (χ2v) is 5.09. The van der Waals surface area contributed by atoms with Crippen LogP contribution in [0.3, 0.4) is 0 Å². The van der Waals surface area contributed by atoms with Gasteiger partial charge in [0.2, 0.25) is 0 Å². The summed E-state index contributed by atoms with van der Waals surface area (Å²) in [6, 6.07) is 12.7. The molecule has 0 radical (unpaired) electrons. The monoisotopic (exact) mass is 272 g/mol. The summed E-state index contributed by atoms with van der Waals surface area (Å²) in [6.07, 6.45) is 0.942. The molecule has 0 amide bonds. The minimum Gasteiger partial charge on any atom is -0.493 e. The first-order valence-corrected chi connectivity index (χ1v) is 6.85. The molecule has 3 heteroatoms. The third-order valence-electron chi connectivity index (χ3n) is 3.66. The van der Waals surface area contributed by atoms with Crippen LogP contribution in [0.25, 0.3) is 0 Å². The van der Waals surface area contributed by atoms with Crippen molar-refractivity contribution in [2.45, 2.75) is 19.3 Å². The first kappa shape index (κ1) is 13.0.